The number of nitrogens with zero attached hydrogens (tertiary/aromatic N) is 2. The molecule has 37 heavy (non-hydrogen) atoms. The van der Waals surface area contributed by atoms with Gasteiger partial charge in [-0.3, -0.25) is 13.9 Å². The maximum atomic E-state index is 13.4. The number of fused-ring (bicyclic) bond motifs is 1. The van der Waals surface area contributed by atoms with Crippen molar-refractivity contribution in [2.75, 3.05) is 37.4 Å². The Morgan fingerprint density at radius 1 is 1.05 bits per heavy atom. The van der Waals surface area contributed by atoms with Gasteiger partial charge in [0, 0.05) is 32.6 Å². The summed E-state index contributed by atoms with van der Waals surface area (Å²) in [6.45, 7) is 2.85. The Morgan fingerprint density at radius 2 is 1.76 bits per heavy atom. The van der Waals surface area contributed by atoms with Crippen LogP contribution >= 0.6 is 23.2 Å². The minimum atomic E-state index is -3.64. The molecule has 0 aliphatic carbocycles. The summed E-state index contributed by atoms with van der Waals surface area (Å²) in [4.78, 5) is 27.4. The molecule has 1 aliphatic rings. The number of halogens is 2. The number of rotatable bonds is 11. The van der Waals surface area contributed by atoms with Crippen LogP contribution in [0.2, 0.25) is 10.0 Å². The first-order valence-electron chi connectivity index (χ1n) is 11.9. The zero-order chi connectivity index (χ0) is 27.2. The van der Waals surface area contributed by atoms with Crippen LogP contribution in [0.1, 0.15) is 31.7 Å². The molecule has 0 fully saturated rings. The van der Waals surface area contributed by atoms with Crippen molar-refractivity contribution >= 4 is 50.7 Å². The highest BCUT2D eigenvalue weighted by Crippen LogP contribution is 2.35. The second kappa shape index (κ2) is 12.7. The molecule has 0 aromatic heterocycles. The van der Waals surface area contributed by atoms with Gasteiger partial charge in [-0.25, -0.2) is 8.42 Å². The van der Waals surface area contributed by atoms with Crippen LogP contribution in [0.15, 0.2) is 36.4 Å². The number of hydrogen-bond acceptors (Lipinski definition) is 6. The lowest BCUT2D eigenvalue weighted by atomic mass is 10.1. The van der Waals surface area contributed by atoms with Crippen LogP contribution in [0, 0.1) is 0 Å². The maximum Gasteiger partial charge on any atom is 0.242 e. The molecule has 12 heteroatoms. The van der Waals surface area contributed by atoms with E-state index in [1.165, 1.54) is 16.3 Å². The van der Waals surface area contributed by atoms with Crippen LogP contribution < -0.4 is 19.1 Å². The molecule has 1 N–H and O–H groups in total. The third-order valence-corrected chi connectivity index (χ3v) is 7.87. The molecule has 1 unspecified atom stereocenters. The van der Waals surface area contributed by atoms with Crippen molar-refractivity contribution in [3.8, 4) is 11.5 Å². The molecule has 0 saturated heterocycles. The molecule has 0 saturated carbocycles. The average molecular weight is 573 g/mol. The van der Waals surface area contributed by atoms with Gasteiger partial charge >= 0.3 is 0 Å². The highest BCUT2D eigenvalue weighted by molar-refractivity contribution is 7.92. The van der Waals surface area contributed by atoms with E-state index < -0.39 is 16.1 Å². The van der Waals surface area contributed by atoms with E-state index in [9.17, 15) is 18.0 Å². The fraction of sp³-hybridized carbons (Fsp3) is 0.440. The van der Waals surface area contributed by atoms with Crippen molar-refractivity contribution in [2.24, 2.45) is 0 Å². The number of likely N-dealkylation sites (N-methyl/N-ethyl adjacent to an activating group) is 1. The molecule has 1 heterocycles. The minimum absolute atomic E-state index is 0.0331. The number of amides is 2. The highest BCUT2D eigenvalue weighted by Gasteiger charge is 2.28. The first-order chi connectivity index (χ1) is 17.5. The molecular formula is C25H31Cl2N3O6S. The van der Waals surface area contributed by atoms with Gasteiger partial charge in [-0.05, 0) is 42.7 Å². The molecule has 9 nitrogen and oxygen atoms in total. The van der Waals surface area contributed by atoms with Gasteiger partial charge in [0.2, 0.25) is 21.8 Å². The number of anilines is 1. The molecule has 1 aliphatic heterocycles. The van der Waals surface area contributed by atoms with Gasteiger partial charge in [0.25, 0.3) is 0 Å². The van der Waals surface area contributed by atoms with Gasteiger partial charge in [0.1, 0.15) is 19.3 Å². The molecule has 0 radical (unpaired) electrons. The summed E-state index contributed by atoms with van der Waals surface area (Å²) in [7, 11) is -2.12. The standard InChI is InChI=1S/C25H31Cl2N3O6S/c1-4-21(25(32)28-2)29(16-17-7-9-19(26)20(27)14-17)24(31)6-5-11-30(37(3,33)34)18-8-10-22-23(15-18)36-13-12-35-22/h7-10,14-15,21H,4-6,11-13,16H2,1-3H3,(H,28,32). The molecule has 3 rings (SSSR count). The van der Waals surface area contributed by atoms with Gasteiger partial charge in [0.15, 0.2) is 11.5 Å². The second-order valence-electron chi connectivity index (χ2n) is 8.58. The van der Waals surface area contributed by atoms with E-state index in [4.69, 9.17) is 32.7 Å². The average Bonchev–Trinajstić information content (AvgIpc) is 2.87. The Bertz CT molecular complexity index is 1240. The zero-order valence-electron chi connectivity index (χ0n) is 21.0. The molecule has 0 spiro atoms. The van der Waals surface area contributed by atoms with Crippen molar-refractivity contribution in [1.82, 2.24) is 10.2 Å². The monoisotopic (exact) mass is 571 g/mol. The summed E-state index contributed by atoms with van der Waals surface area (Å²) in [5.74, 6) is 0.455. The summed E-state index contributed by atoms with van der Waals surface area (Å²) < 4.78 is 37.5. The summed E-state index contributed by atoms with van der Waals surface area (Å²) in [6.07, 6.45) is 1.79. The number of sulfonamides is 1. The third kappa shape index (κ3) is 7.43. The quantitative estimate of drug-likeness (QED) is 0.439. The van der Waals surface area contributed by atoms with Gasteiger partial charge in [-0.2, -0.15) is 0 Å². The molecule has 1 atom stereocenters. The number of nitrogens with one attached hydrogen (secondary N) is 1. The Hall–Kier alpha value is -2.69. The largest absolute Gasteiger partial charge is 0.486 e. The van der Waals surface area contributed by atoms with E-state index in [-0.39, 0.29) is 37.7 Å². The molecule has 0 bridgehead atoms. The fourth-order valence-corrected chi connectivity index (χ4v) is 5.39. The Balaban J connectivity index is 1.76. The van der Waals surface area contributed by atoms with Crippen molar-refractivity contribution in [3.05, 3.63) is 52.0 Å². The number of carbonyl (C=O) groups is 2. The SMILES string of the molecule is CCC(C(=O)NC)N(Cc1ccc(Cl)c(Cl)c1)C(=O)CCCN(c1ccc2c(c1)OCCO2)S(C)(=O)=O. The lowest BCUT2D eigenvalue weighted by molar-refractivity contribution is -0.141. The summed E-state index contributed by atoms with van der Waals surface area (Å²) in [5.41, 5.74) is 1.14. The predicted octanol–water partition coefficient (Wildman–Crippen LogP) is 3.86. The molecule has 2 aromatic rings. The van der Waals surface area contributed by atoms with E-state index in [0.29, 0.717) is 46.9 Å². The van der Waals surface area contributed by atoms with E-state index in [1.807, 2.05) is 6.92 Å². The predicted molar refractivity (Wildman–Crippen MR) is 144 cm³/mol. The summed E-state index contributed by atoms with van der Waals surface area (Å²) in [5, 5.41) is 3.35. The van der Waals surface area contributed by atoms with Crippen molar-refractivity contribution < 1.29 is 27.5 Å². The normalized spacial score (nSPS) is 13.5. The van der Waals surface area contributed by atoms with Crippen molar-refractivity contribution in [3.63, 3.8) is 0 Å². The zero-order valence-corrected chi connectivity index (χ0v) is 23.3. The Kier molecular flexibility index (Phi) is 9.92. The Labute approximate surface area is 227 Å². The Morgan fingerprint density at radius 3 is 2.38 bits per heavy atom. The van der Waals surface area contributed by atoms with Crippen LogP contribution in [-0.2, 0) is 26.2 Å². The van der Waals surface area contributed by atoms with Crippen molar-refractivity contribution in [1.29, 1.82) is 0 Å². The van der Waals surface area contributed by atoms with E-state index in [0.717, 1.165) is 11.8 Å². The smallest absolute Gasteiger partial charge is 0.242 e. The van der Waals surface area contributed by atoms with Gasteiger partial charge < -0.3 is 19.7 Å². The maximum absolute atomic E-state index is 13.4. The molecule has 2 aromatic carbocycles. The summed E-state index contributed by atoms with van der Waals surface area (Å²) >= 11 is 12.2. The van der Waals surface area contributed by atoms with Crippen molar-refractivity contribution in [2.45, 2.75) is 38.8 Å². The van der Waals surface area contributed by atoms with Crippen LogP contribution in [0.3, 0.4) is 0 Å². The highest BCUT2D eigenvalue weighted by atomic mass is 35.5. The summed E-state index contributed by atoms with van der Waals surface area (Å²) in [6, 6.07) is 9.28. The van der Waals surface area contributed by atoms with Crippen LogP contribution in [0.25, 0.3) is 0 Å². The van der Waals surface area contributed by atoms with E-state index in [1.54, 1.807) is 36.4 Å². The number of benzene rings is 2. The van der Waals surface area contributed by atoms with Gasteiger partial charge in [-0.1, -0.05) is 36.2 Å². The molecular weight excluding hydrogens is 541 g/mol. The third-order valence-electron chi connectivity index (χ3n) is 5.94. The van der Waals surface area contributed by atoms with E-state index in [2.05, 4.69) is 5.32 Å². The molecule has 2 amide bonds. The lowest BCUT2D eigenvalue weighted by Gasteiger charge is -2.31. The first-order valence-corrected chi connectivity index (χ1v) is 14.5. The first kappa shape index (κ1) is 28.9. The fourth-order valence-electron chi connectivity index (χ4n) is 4.11. The van der Waals surface area contributed by atoms with Crippen LogP contribution in [0.5, 0.6) is 11.5 Å². The lowest BCUT2D eigenvalue weighted by Crippen LogP contribution is -2.48. The number of hydrogen-bond donors (Lipinski definition) is 1. The number of carbonyl (C=O) groups excluding carboxylic acids is 2. The van der Waals surface area contributed by atoms with E-state index >= 15 is 0 Å². The van der Waals surface area contributed by atoms with Gasteiger partial charge in [-0.15, -0.1) is 0 Å². The second-order valence-corrected chi connectivity index (χ2v) is 11.3. The van der Waals surface area contributed by atoms with Crippen LogP contribution in [0.4, 0.5) is 5.69 Å². The molecule has 202 valence electrons. The van der Waals surface area contributed by atoms with Crippen LogP contribution in [-0.4, -0.2) is 64.2 Å². The minimum Gasteiger partial charge on any atom is -0.486 e. The number of ether oxygens (including phenoxy) is 2. The van der Waals surface area contributed by atoms with Gasteiger partial charge in [0.05, 0.1) is 22.0 Å². The topological polar surface area (TPSA) is 105 Å².